The minimum atomic E-state index is -1.26. The molecule has 2 aromatic rings. The molecule has 0 radical (unpaired) electrons. The average Bonchev–Trinajstić information content (AvgIpc) is 3.54. The standard InChI is InChI=1S/C36H44N2O6/c1-5-7-8-15-21-43-34(42)30-29-32(40)38(28(24-39)27-18-13-10-14-19-27)31(36(29)22-25(3)35(30,4)44-36)33(41)37(20-6-2)23-26-16-11-9-12-17-26/h5-6,9-14,16-19,25,28-31,39H,1-2,7-8,15,20-24H2,3-4H3/t25?,28-,29+,30+,31?,35-,36?/m1/s1. The molecule has 8 heteroatoms. The van der Waals surface area contributed by atoms with Gasteiger partial charge in [0.05, 0.1) is 30.8 Å². The van der Waals surface area contributed by atoms with Crippen LogP contribution in [-0.2, 0) is 30.4 Å². The van der Waals surface area contributed by atoms with E-state index in [9.17, 15) is 19.5 Å². The van der Waals surface area contributed by atoms with Crippen LogP contribution >= 0.6 is 0 Å². The summed E-state index contributed by atoms with van der Waals surface area (Å²) in [7, 11) is 0. The van der Waals surface area contributed by atoms with Crippen molar-refractivity contribution in [2.45, 2.75) is 69.4 Å². The van der Waals surface area contributed by atoms with E-state index >= 15 is 0 Å². The number of benzene rings is 2. The van der Waals surface area contributed by atoms with Crippen molar-refractivity contribution in [3.63, 3.8) is 0 Å². The number of aliphatic hydroxyl groups excluding tert-OH is 1. The van der Waals surface area contributed by atoms with Gasteiger partial charge in [0.15, 0.2) is 0 Å². The first-order valence-corrected chi connectivity index (χ1v) is 15.6. The number of fused-ring (bicyclic) bond motifs is 1. The molecule has 3 aliphatic rings. The molecule has 3 saturated heterocycles. The van der Waals surface area contributed by atoms with E-state index < -0.39 is 47.7 Å². The molecular weight excluding hydrogens is 556 g/mol. The first-order chi connectivity index (χ1) is 21.2. The van der Waals surface area contributed by atoms with E-state index in [4.69, 9.17) is 9.47 Å². The van der Waals surface area contributed by atoms with Crippen LogP contribution in [0.3, 0.4) is 0 Å². The van der Waals surface area contributed by atoms with Crippen LogP contribution in [0.25, 0.3) is 0 Å². The Labute approximate surface area is 260 Å². The molecule has 0 aromatic heterocycles. The van der Waals surface area contributed by atoms with Gasteiger partial charge in [0.1, 0.15) is 17.6 Å². The van der Waals surface area contributed by atoms with Crippen LogP contribution in [0.15, 0.2) is 86.0 Å². The maximum atomic E-state index is 14.8. The molecule has 0 aliphatic carbocycles. The van der Waals surface area contributed by atoms with Crippen LogP contribution < -0.4 is 0 Å². The van der Waals surface area contributed by atoms with E-state index in [2.05, 4.69) is 13.2 Å². The summed E-state index contributed by atoms with van der Waals surface area (Å²) >= 11 is 0. The molecule has 3 unspecified atom stereocenters. The minimum Gasteiger partial charge on any atom is -0.465 e. The number of likely N-dealkylation sites (tertiary alicyclic amines) is 1. The number of unbranched alkanes of at least 4 members (excludes halogenated alkanes) is 2. The van der Waals surface area contributed by atoms with Crippen LogP contribution in [0.2, 0.25) is 0 Å². The third-order valence-electron chi connectivity index (χ3n) is 9.86. The number of aliphatic hydroxyl groups is 1. The van der Waals surface area contributed by atoms with Crippen molar-refractivity contribution in [3.05, 3.63) is 97.1 Å². The van der Waals surface area contributed by atoms with Crippen LogP contribution in [0.4, 0.5) is 0 Å². The van der Waals surface area contributed by atoms with Gasteiger partial charge in [-0.25, -0.2) is 0 Å². The SMILES string of the molecule is C=CCCCCOC(=O)[C@@H]1[C@H]2C(=O)N([C@H](CO)c3ccccc3)C(C(=O)N(CC=C)Cc3ccccc3)C23CC(C)[C@@]1(C)O3. The molecule has 3 fully saturated rings. The molecule has 1 N–H and O–H groups in total. The zero-order chi connectivity index (χ0) is 31.5. The smallest absolute Gasteiger partial charge is 0.312 e. The fraction of sp³-hybridized carbons (Fsp3) is 0.472. The number of carbonyl (C=O) groups excluding carboxylic acids is 3. The highest BCUT2D eigenvalue weighted by molar-refractivity contribution is 5.99. The van der Waals surface area contributed by atoms with E-state index in [1.807, 2.05) is 80.6 Å². The summed E-state index contributed by atoms with van der Waals surface area (Å²) in [6.45, 7) is 11.9. The summed E-state index contributed by atoms with van der Waals surface area (Å²) in [5, 5.41) is 10.8. The van der Waals surface area contributed by atoms with Crippen molar-refractivity contribution >= 4 is 17.8 Å². The molecule has 2 amide bonds. The molecule has 7 atom stereocenters. The maximum Gasteiger partial charge on any atom is 0.312 e. The van der Waals surface area contributed by atoms with Crippen LogP contribution in [-0.4, -0.2) is 69.7 Å². The van der Waals surface area contributed by atoms with Crippen LogP contribution in [0.5, 0.6) is 0 Å². The van der Waals surface area contributed by atoms with Gasteiger partial charge < -0.3 is 24.4 Å². The number of rotatable bonds is 14. The van der Waals surface area contributed by atoms with Crippen LogP contribution in [0.1, 0.15) is 56.7 Å². The molecule has 3 aliphatic heterocycles. The highest BCUT2D eigenvalue weighted by Gasteiger charge is 2.80. The fourth-order valence-electron chi connectivity index (χ4n) is 7.70. The second kappa shape index (κ2) is 13.1. The lowest BCUT2D eigenvalue weighted by atomic mass is 9.62. The lowest BCUT2D eigenvalue weighted by molar-refractivity contribution is -0.164. The van der Waals surface area contributed by atoms with E-state index in [0.717, 1.165) is 18.4 Å². The zero-order valence-corrected chi connectivity index (χ0v) is 25.8. The molecule has 3 heterocycles. The number of hydrogen-bond donors (Lipinski definition) is 1. The summed E-state index contributed by atoms with van der Waals surface area (Å²) in [5.74, 6) is -3.05. The largest absolute Gasteiger partial charge is 0.465 e. The van der Waals surface area contributed by atoms with Gasteiger partial charge in [0.2, 0.25) is 11.8 Å². The predicted octanol–water partition coefficient (Wildman–Crippen LogP) is 4.85. The number of carbonyl (C=O) groups is 3. The molecule has 1 spiro atoms. The third-order valence-corrected chi connectivity index (χ3v) is 9.86. The summed E-state index contributed by atoms with van der Waals surface area (Å²) in [4.78, 5) is 46.5. The Balaban J connectivity index is 1.57. The number of ether oxygens (including phenoxy) is 2. The molecule has 8 nitrogen and oxygen atoms in total. The lowest BCUT2D eigenvalue weighted by Crippen LogP contribution is -2.57. The summed E-state index contributed by atoms with van der Waals surface area (Å²) in [6.07, 6.45) is 6.29. The molecular formula is C36H44N2O6. The Morgan fingerprint density at radius 2 is 1.80 bits per heavy atom. The minimum absolute atomic E-state index is 0.119. The number of amides is 2. The first-order valence-electron chi connectivity index (χ1n) is 15.6. The molecule has 5 rings (SSSR count). The van der Waals surface area contributed by atoms with Gasteiger partial charge in [0, 0.05) is 13.1 Å². The fourth-order valence-corrected chi connectivity index (χ4v) is 7.70. The number of esters is 1. The van der Waals surface area contributed by atoms with E-state index in [-0.39, 0.29) is 30.9 Å². The van der Waals surface area contributed by atoms with Gasteiger partial charge >= 0.3 is 5.97 Å². The van der Waals surface area contributed by atoms with Gasteiger partial charge in [0.25, 0.3) is 0 Å². The second-order valence-corrected chi connectivity index (χ2v) is 12.5. The van der Waals surface area contributed by atoms with Crippen molar-refractivity contribution in [1.29, 1.82) is 0 Å². The number of nitrogens with zero attached hydrogens (tertiary/aromatic N) is 2. The molecule has 234 valence electrons. The Kier molecular flexibility index (Phi) is 9.42. The van der Waals surface area contributed by atoms with Gasteiger partial charge in [-0.15, -0.1) is 13.2 Å². The van der Waals surface area contributed by atoms with Crippen molar-refractivity contribution in [3.8, 4) is 0 Å². The predicted molar refractivity (Wildman–Crippen MR) is 167 cm³/mol. The topological polar surface area (TPSA) is 96.4 Å². The van der Waals surface area contributed by atoms with Gasteiger partial charge in [-0.1, -0.05) is 79.7 Å². The highest BCUT2D eigenvalue weighted by Crippen LogP contribution is 2.66. The number of allylic oxidation sites excluding steroid dienone is 1. The maximum absolute atomic E-state index is 14.8. The number of hydrogen-bond acceptors (Lipinski definition) is 6. The molecule has 2 bridgehead atoms. The van der Waals surface area contributed by atoms with Gasteiger partial charge in [-0.05, 0) is 49.7 Å². The summed E-state index contributed by atoms with van der Waals surface area (Å²) in [5.41, 5.74) is -0.601. The Hall–Kier alpha value is -3.75. The Morgan fingerprint density at radius 3 is 2.43 bits per heavy atom. The Morgan fingerprint density at radius 1 is 1.11 bits per heavy atom. The van der Waals surface area contributed by atoms with Crippen molar-refractivity contribution in [1.82, 2.24) is 9.80 Å². The second-order valence-electron chi connectivity index (χ2n) is 12.5. The first kappa shape index (κ1) is 31.7. The van der Waals surface area contributed by atoms with E-state index in [1.54, 1.807) is 11.0 Å². The Bertz CT molecular complexity index is 1370. The summed E-state index contributed by atoms with van der Waals surface area (Å²) in [6, 6.07) is 17.0. The molecule has 44 heavy (non-hydrogen) atoms. The monoisotopic (exact) mass is 600 g/mol. The molecule has 2 aromatic carbocycles. The zero-order valence-electron chi connectivity index (χ0n) is 25.8. The summed E-state index contributed by atoms with van der Waals surface area (Å²) < 4.78 is 12.7. The average molecular weight is 601 g/mol. The van der Waals surface area contributed by atoms with Gasteiger partial charge in [-0.3, -0.25) is 14.4 Å². The lowest BCUT2D eigenvalue weighted by Gasteiger charge is -2.39. The van der Waals surface area contributed by atoms with Crippen molar-refractivity contribution in [2.24, 2.45) is 17.8 Å². The van der Waals surface area contributed by atoms with Crippen molar-refractivity contribution < 1.29 is 29.0 Å². The van der Waals surface area contributed by atoms with E-state index in [0.29, 0.717) is 24.9 Å². The highest BCUT2D eigenvalue weighted by atomic mass is 16.6. The van der Waals surface area contributed by atoms with Gasteiger partial charge in [-0.2, -0.15) is 0 Å². The normalized spacial score (nSPS) is 29.2. The third kappa shape index (κ3) is 5.39. The van der Waals surface area contributed by atoms with E-state index in [1.165, 1.54) is 4.90 Å². The molecule has 0 saturated carbocycles. The van der Waals surface area contributed by atoms with Crippen LogP contribution in [0, 0.1) is 17.8 Å². The quantitative estimate of drug-likeness (QED) is 0.189. The van der Waals surface area contributed by atoms with Crippen molar-refractivity contribution in [2.75, 3.05) is 19.8 Å².